The average molecular weight is 192 g/mol. The van der Waals surface area contributed by atoms with Gasteiger partial charge in [0.2, 0.25) is 0 Å². The van der Waals surface area contributed by atoms with Crippen LogP contribution in [0.3, 0.4) is 0 Å². The average Bonchev–Trinajstić information content (AvgIpc) is 2.07. The van der Waals surface area contributed by atoms with E-state index in [9.17, 15) is 0 Å². The van der Waals surface area contributed by atoms with Crippen LogP contribution >= 0.6 is 0 Å². The van der Waals surface area contributed by atoms with Crippen LogP contribution in [0.25, 0.3) is 0 Å². The largest absolute Gasteiger partial charge is 0.488 e. The van der Waals surface area contributed by atoms with Crippen molar-refractivity contribution >= 4 is 0 Å². The van der Waals surface area contributed by atoms with Gasteiger partial charge in [-0.2, -0.15) is 0 Å². The lowest BCUT2D eigenvalue weighted by molar-refractivity contribution is 0.0128. The van der Waals surface area contributed by atoms with Gasteiger partial charge < -0.3 is 4.74 Å². The van der Waals surface area contributed by atoms with E-state index < -0.39 is 0 Å². The molecule has 0 aromatic rings. The summed E-state index contributed by atoms with van der Waals surface area (Å²) in [6, 6.07) is 0. The van der Waals surface area contributed by atoms with Crippen molar-refractivity contribution in [3.8, 4) is 0 Å². The Balaban J connectivity index is 2.24. The second-order valence-corrected chi connectivity index (χ2v) is 5.30. The summed E-state index contributed by atoms with van der Waals surface area (Å²) in [6.45, 7) is 8.89. The zero-order chi connectivity index (χ0) is 10.3. The van der Waals surface area contributed by atoms with Gasteiger partial charge in [0.1, 0.15) is 11.4 Å². The van der Waals surface area contributed by atoms with E-state index in [4.69, 9.17) is 4.74 Å². The highest BCUT2D eigenvalue weighted by Crippen LogP contribution is 2.39. The van der Waals surface area contributed by atoms with Crippen molar-refractivity contribution in [3.05, 3.63) is 23.5 Å². The first-order valence-corrected chi connectivity index (χ1v) is 5.60. The maximum Gasteiger partial charge on any atom is 0.119 e. The van der Waals surface area contributed by atoms with Crippen LogP contribution in [0.15, 0.2) is 23.5 Å². The lowest BCUT2D eigenvalue weighted by atomic mass is 9.83. The zero-order valence-electron chi connectivity index (χ0n) is 9.63. The first-order chi connectivity index (χ1) is 6.48. The Bertz CT molecular complexity index is 296. The number of fused-ring (bicyclic) bond motifs is 1. The second kappa shape index (κ2) is 3.15. The van der Waals surface area contributed by atoms with E-state index in [0.29, 0.717) is 11.8 Å². The molecule has 0 bridgehead atoms. The van der Waals surface area contributed by atoms with Crippen LogP contribution in [0.2, 0.25) is 0 Å². The van der Waals surface area contributed by atoms with Gasteiger partial charge in [0, 0.05) is 0 Å². The van der Waals surface area contributed by atoms with Crippen molar-refractivity contribution in [1.29, 1.82) is 0 Å². The van der Waals surface area contributed by atoms with Gasteiger partial charge in [-0.15, -0.1) is 0 Å². The van der Waals surface area contributed by atoms with Gasteiger partial charge in [-0.25, -0.2) is 0 Å². The number of hydrogen-bond acceptors (Lipinski definition) is 1. The molecule has 2 aliphatic rings. The van der Waals surface area contributed by atoms with Gasteiger partial charge >= 0.3 is 0 Å². The second-order valence-electron chi connectivity index (χ2n) is 5.30. The molecule has 2 unspecified atom stereocenters. The summed E-state index contributed by atoms with van der Waals surface area (Å²) < 4.78 is 5.99. The Labute approximate surface area is 86.8 Å². The first-order valence-electron chi connectivity index (χ1n) is 5.60. The van der Waals surface area contributed by atoms with Gasteiger partial charge in [0.25, 0.3) is 0 Å². The number of allylic oxidation sites excluding steroid dienone is 3. The van der Waals surface area contributed by atoms with E-state index in [-0.39, 0.29) is 5.60 Å². The Hall–Kier alpha value is -0.720. The van der Waals surface area contributed by atoms with E-state index >= 15 is 0 Å². The van der Waals surface area contributed by atoms with E-state index in [0.717, 1.165) is 12.2 Å². The lowest BCUT2D eigenvalue weighted by Crippen LogP contribution is -2.30. The van der Waals surface area contributed by atoms with Gasteiger partial charge in [-0.1, -0.05) is 19.9 Å². The van der Waals surface area contributed by atoms with Crippen LogP contribution in [0.4, 0.5) is 0 Å². The Morgan fingerprint density at radius 1 is 1.21 bits per heavy atom. The van der Waals surface area contributed by atoms with Gasteiger partial charge in [-0.05, 0) is 50.2 Å². The molecule has 0 saturated carbocycles. The van der Waals surface area contributed by atoms with Crippen molar-refractivity contribution in [2.24, 2.45) is 11.8 Å². The molecule has 78 valence electrons. The van der Waals surface area contributed by atoms with Crippen LogP contribution in [0.1, 0.15) is 40.5 Å². The third kappa shape index (κ3) is 1.73. The molecule has 1 nitrogen and oxygen atoms in total. The molecule has 1 heterocycles. The Morgan fingerprint density at radius 2 is 1.86 bits per heavy atom. The SMILES string of the molecule is CC1C=C2CCC(C)(C)OC2=CC1C. The molecule has 0 N–H and O–H groups in total. The van der Waals surface area contributed by atoms with Crippen LogP contribution in [-0.2, 0) is 4.74 Å². The van der Waals surface area contributed by atoms with Crippen LogP contribution in [-0.4, -0.2) is 5.60 Å². The Kier molecular flexibility index (Phi) is 2.21. The van der Waals surface area contributed by atoms with Crippen molar-refractivity contribution < 1.29 is 4.74 Å². The molecule has 1 heteroatoms. The van der Waals surface area contributed by atoms with Gasteiger partial charge in [0.05, 0.1) is 0 Å². The fraction of sp³-hybridized carbons (Fsp3) is 0.692. The minimum absolute atomic E-state index is 0.0312. The molecular weight excluding hydrogens is 172 g/mol. The molecule has 1 aliphatic heterocycles. The van der Waals surface area contributed by atoms with Gasteiger partial charge in [0.15, 0.2) is 0 Å². The maximum atomic E-state index is 5.99. The van der Waals surface area contributed by atoms with E-state index in [1.807, 2.05) is 0 Å². The molecule has 0 aromatic heterocycles. The Morgan fingerprint density at radius 3 is 2.57 bits per heavy atom. The fourth-order valence-corrected chi connectivity index (χ4v) is 2.14. The van der Waals surface area contributed by atoms with Crippen LogP contribution < -0.4 is 0 Å². The highest BCUT2D eigenvalue weighted by atomic mass is 16.5. The summed E-state index contributed by atoms with van der Waals surface area (Å²) in [5.41, 5.74) is 1.46. The third-order valence-corrected chi connectivity index (χ3v) is 3.41. The number of ether oxygens (including phenoxy) is 1. The topological polar surface area (TPSA) is 9.23 Å². The number of hydrogen-bond donors (Lipinski definition) is 0. The molecule has 1 fully saturated rings. The smallest absolute Gasteiger partial charge is 0.119 e. The summed E-state index contributed by atoms with van der Waals surface area (Å²) in [5.74, 6) is 2.42. The van der Waals surface area contributed by atoms with Crippen LogP contribution in [0, 0.1) is 11.8 Å². The quantitative estimate of drug-likeness (QED) is 0.569. The molecule has 1 saturated heterocycles. The third-order valence-electron chi connectivity index (χ3n) is 3.41. The highest BCUT2D eigenvalue weighted by Gasteiger charge is 2.31. The summed E-state index contributed by atoms with van der Waals surface area (Å²) in [5, 5.41) is 0. The summed E-state index contributed by atoms with van der Waals surface area (Å²) >= 11 is 0. The molecule has 14 heavy (non-hydrogen) atoms. The van der Waals surface area contributed by atoms with E-state index in [1.54, 1.807) is 0 Å². The number of rotatable bonds is 0. The van der Waals surface area contributed by atoms with E-state index in [1.165, 1.54) is 12.0 Å². The molecule has 1 aliphatic carbocycles. The molecule has 0 aromatic carbocycles. The highest BCUT2D eigenvalue weighted by molar-refractivity contribution is 5.33. The van der Waals surface area contributed by atoms with Crippen molar-refractivity contribution in [2.45, 2.75) is 46.1 Å². The van der Waals surface area contributed by atoms with Crippen LogP contribution in [0.5, 0.6) is 0 Å². The monoisotopic (exact) mass is 192 g/mol. The minimum Gasteiger partial charge on any atom is -0.488 e. The van der Waals surface area contributed by atoms with Crippen molar-refractivity contribution in [3.63, 3.8) is 0 Å². The summed E-state index contributed by atoms with van der Waals surface area (Å²) in [7, 11) is 0. The predicted octanol–water partition coefficient (Wildman–Crippen LogP) is 3.67. The van der Waals surface area contributed by atoms with E-state index in [2.05, 4.69) is 39.8 Å². The minimum atomic E-state index is 0.0312. The lowest BCUT2D eigenvalue weighted by Gasteiger charge is -2.37. The molecule has 0 spiro atoms. The maximum absolute atomic E-state index is 5.99. The standard InChI is InChI=1S/C13H20O/c1-9-7-11-5-6-13(3,4)14-12(11)8-10(9)2/h7-10H,5-6H2,1-4H3. The van der Waals surface area contributed by atoms with Crippen molar-refractivity contribution in [2.75, 3.05) is 0 Å². The molecular formula is C13H20O. The predicted molar refractivity (Wildman–Crippen MR) is 58.9 cm³/mol. The normalized spacial score (nSPS) is 35.1. The summed E-state index contributed by atoms with van der Waals surface area (Å²) in [4.78, 5) is 0. The fourth-order valence-electron chi connectivity index (χ4n) is 2.14. The molecule has 0 amide bonds. The molecule has 0 radical (unpaired) electrons. The molecule has 2 rings (SSSR count). The van der Waals surface area contributed by atoms with Crippen molar-refractivity contribution in [1.82, 2.24) is 0 Å². The van der Waals surface area contributed by atoms with Gasteiger partial charge in [-0.3, -0.25) is 0 Å². The molecule has 2 atom stereocenters. The summed E-state index contributed by atoms with van der Waals surface area (Å²) in [6.07, 6.45) is 6.99. The zero-order valence-corrected chi connectivity index (χ0v) is 9.63. The first kappa shape index (κ1) is 9.82.